The molecule has 4 rings (SSSR count). The van der Waals surface area contributed by atoms with E-state index in [1.807, 2.05) is 60.7 Å². The number of phenolic OH excluding ortho intramolecular Hbond substituents is 1. The number of pyridine rings is 2. The molecule has 1 N–H and O–H groups in total. The number of hydrogen-bond acceptors (Lipinski definition) is 8. The molecular weight excluding hydrogens is 520 g/mol. The van der Waals surface area contributed by atoms with Gasteiger partial charge in [-0.1, -0.05) is 36.4 Å². The van der Waals surface area contributed by atoms with Crippen LogP contribution in [-0.2, 0) is 44.4 Å². The first kappa shape index (κ1) is 30.8. The van der Waals surface area contributed by atoms with E-state index in [1.54, 1.807) is 24.5 Å². The minimum atomic E-state index is -0.277. The lowest BCUT2D eigenvalue weighted by Gasteiger charge is -2.06. The maximum atomic E-state index is 11.1. The average molecular weight is 551 g/mol. The van der Waals surface area contributed by atoms with Crippen LogP contribution in [0.4, 0.5) is 0 Å². The molecule has 2 aromatic heterocycles. The van der Waals surface area contributed by atoms with Gasteiger partial charge in [-0.2, -0.15) is 0 Å². The Hall–Kier alpha value is -4.43. The van der Waals surface area contributed by atoms with Crippen LogP contribution < -0.4 is 4.74 Å². The van der Waals surface area contributed by atoms with Crippen LogP contribution in [0.3, 0.4) is 0 Å². The second-order valence-corrected chi connectivity index (χ2v) is 8.15. The van der Waals surface area contributed by atoms with Gasteiger partial charge in [-0.3, -0.25) is 19.6 Å². The van der Waals surface area contributed by atoms with Crippen molar-refractivity contribution in [3.63, 3.8) is 0 Å². The summed E-state index contributed by atoms with van der Waals surface area (Å²) in [6.07, 6.45) is 3.99. The van der Waals surface area contributed by atoms with Crippen molar-refractivity contribution in [2.75, 3.05) is 14.2 Å². The highest BCUT2D eigenvalue weighted by molar-refractivity contribution is 6.16. The van der Waals surface area contributed by atoms with Crippen LogP contribution in [0.25, 0.3) is 0 Å². The number of methoxy groups -OCH3 is 2. The summed E-state index contributed by atoms with van der Waals surface area (Å²) >= 11 is 5.46. The predicted molar refractivity (Wildman–Crippen MR) is 148 cm³/mol. The number of phenols is 1. The highest BCUT2D eigenvalue weighted by Gasteiger charge is 2.03. The number of rotatable bonds is 8. The van der Waals surface area contributed by atoms with E-state index < -0.39 is 0 Å². The van der Waals surface area contributed by atoms with Gasteiger partial charge < -0.3 is 19.3 Å². The molecule has 0 amide bonds. The first-order valence-corrected chi connectivity index (χ1v) is 12.5. The topological polar surface area (TPSA) is 108 Å². The van der Waals surface area contributed by atoms with E-state index in [1.165, 1.54) is 26.4 Å². The number of halogens is 1. The number of esters is 2. The van der Waals surface area contributed by atoms with E-state index in [4.69, 9.17) is 21.4 Å². The highest BCUT2D eigenvalue weighted by atomic mass is 35.5. The molecule has 204 valence electrons. The summed E-state index contributed by atoms with van der Waals surface area (Å²) in [4.78, 5) is 30.0. The summed E-state index contributed by atoms with van der Waals surface area (Å²) in [6.45, 7) is 0.428. The van der Waals surface area contributed by atoms with Gasteiger partial charge in [0.1, 0.15) is 18.1 Å². The smallest absolute Gasteiger partial charge is 0.309 e. The van der Waals surface area contributed by atoms with Crippen molar-refractivity contribution in [3.05, 3.63) is 120 Å². The summed E-state index contributed by atoms with van der Waals surface area (Å²) in [7, 11) is 2.73. The molecule has 0 fully saturated rings. The van der Waals surface area contributed by atoms with Crippen molar-refractivity contribution in [3.8, 4) is 11.5 Å². The van der Waals surface area contributed by atoms with Crippen LogP contribution in [0.5, 0.6) is 11.5 Å². The third-order valence-electron chi connectivity index (χ3n) is 4.99. The van der Waals surface area contributed by atoms with Gasteiger partial charge in [0, 0.05) is 12.4 Å². The Morgan fingerprint density at radius 3 is 1.62 bits per heavy atom. The standard InChI is InChI=1S/C15H15NO3.C9H10O3.C6H6ClN/c1-18-15(17)10-12-5-7-14(8-6-12)19-11-13-4-2-3-9-16-13;1-12-9(11)6-7-2-4-8(10)5-3-7;7-5-6-3-1-2-4-8-6/h2-9H,10-11H2,1H3;2-5,10H,6H2,1H3;1-4H,5H2. The highest BCUT2D eigenvalue weighted by Crippen LogP contribution is 2.14. The molecule has 0 aliphatic carbocycles. The first-order chi connectivity index (χ1) is 18.9. The summed E-state index contributed by atoms with van der Waals surface area (Å²) in [5, 5.41) is 8.93. The molecule has 9 heteroatoms. The molecule has 2 heterocycles. The summed E-state index contributed by atoms with van der Waals surface area (Å²) in [5.74, 6) is 0.923. The van der Waals surface area contributed by atoms with Gasteiger partial charge in [0.15, 0.2) is 0 Å². The molecule has 2 aromatic carbocycles. The van der Waals surface area contributed by atoms with Crippen molar-refractivity contribution in [2.45, 2.75) is 25.3 Å². The third kappa shape index (κ3) is 13.1. The predicted octanol–water partition coefficient (Wildman–Crippen LogP) is 5.30. The normalized spacial score (nSPS) is 9.62. The van der Waals surface area contributed by atoms with Gasteiger partial charge in [-0.05, 0) is 59.7 Å². The second-order valence-electron chi connectivity index (χ2n) is 7.88. The van der Waals surface area contributed by atoms with Crippen LogP contribution in [-0.4, -0.2) is 41.2 Å². The second kappa shape index (κ2) is 17.9. The van der Waals surface area contributed by atoms with E-state index in [9.17, 15) is 9.59 Å². The number of aromatic hydroxyl groups is 1. The molecular formula is C30H31ClN2O6. The minimum absolute atomic E-state index is 0.198. The number of alkyl halides is 1. The zero-order valence-corrected chi connectivity index (χ0v) is 22.6. The molecule has 0 saturated carbocycles. The molecule has 4 aromatic rings. The molecule has 8 nitrogen and oxygen atoms in total. The maximum absolute atomic E-state index is 11.1. The fraction of sp³-hybridized carbons (Fsp3) is 0.200. The number of nitrogens with zero attached hydrogens (tertiary/aromatic N) is 2. The molecule has 0 aliphatic heterocycles. The minimum Gasteiger partial charge on any atom is -0.508 e. The molecule has 0 aliphatic rings. The lowest BCUT2D eigenvalue weighted by atomic mass is 10.1. The molecule has 0 radical (unpaired) electrons. The fourth-order valence-electron chi connectivity index (χ4n) is 2.91. The molecule has 0 bridgehead atoms. The quantitative estimate of drug-likeness (QED) is 0.232. The van der Waals surface area contributed by atoms with Crippen molar-refractivity contribution in [1.82, 2.24) is 9.97 Å². The van der Waals surface area contributed by atoms with Crippen LogP contribution in [0, 0.1) is 0 Å². The van der Waals surface area contributed by atoms with E-state index in [-0.39, 0.29) is 30.5 Å². The van der Waals surface area contributed by atoms with Gasteiger partial charge in [0.05, 0.1) is 44.3 Å². The van der Waals surface area contributed by atoms with E-state index in [2.05, 4.69) is 19.4 Å². The number of aromatic nitrogens is 2. The summed E-state index contributed by atoms with van der Waals surface area (Å²) in [5.41, 5.74) is 3.53. The van der Waals surface area contributed by atoms with Crippen LogP contribution in [0.2, 0.25) is 0 Å². The zero-order chi connectivity index (χ0) is 28.3. The Bertz CT molecular complexity index is 1240. The van der Waals surface area contributed by atoms with Gasteiger partial charge in [0.25, 0.3) is 0 Å². The third-order valence-corrected chi connectivity index (χ3v) is 5.26. The largest absolute Gasteiger partial charge is 0.508 e. The Morgan fingerprint density at radius 1 is 0.718 bits per heavy atom. The average Bonchev–Trinajstić information content (AvgIpc) is 2.99. The number of carbonyl (C=O) groups excluding carboxylic acids is 2. The van der Waals surface area contributed by atoms with Crippen molar-refractivity contribution in [1.29, 1.82) is 0 Å². The van der Waals surface area contributed by atoms with Crippen LogP contribution in [0.1, 0.15) is 22.5 Å². The lowest BCUT2D eigenvalue weighted by molar-refractivity contribution is -0.140. The fourth-order valence-corrected chi connectivity index (χ4v) is 3.07. The molecule has 39 heavy (non-hydrogen) atoms. The number of carbonyl (C=O) groups is 2. The number of benzene rings is 2. The maximum Gasteiger partial charge on any atom is 0.309 e. The molecule has 0 unspecified atom stereocenters. The Morgan fingerprint density at radius 2 is 1.21 bits per heavy atom. The Labute approximate surface area is 233 Å². The van der Waals surface area contributed by atoms with Crippen LogP contribution >= 0.6 is 11.6 Å². The Balaban J connectivity index is 0.000000227. The monoisotopic (exact) mass is 550 g/mol. The van der Waals surface area contributed by atoms with Gasteiger partial charge in [-0.15, -0.1) is 11.6 Å². The van der Waals surface area contributed by atoms with Gasteiger partial charge in [-0.25, -0.2) is 0 Å². The van der Waals surface area contributed by atoms with Crippen molar-refractivity contribution >= 4 is 23.5 Å². The lowest BCUT2D eigenvalue weighted by Crippen LogP contribution is -2.04. The molecule has 0 atom stereocenters. The Kier molecular flexibility index (Phi) is 14.2. The van der Waals surface area contributed by atoms with Crippen molar-refractivity contribution in [2.24, 2.45) is 0 Å². The zero-order valence-electron chi connectivity index (χ0n) is 21.8. The van der Waals surface area contributed by atoms with Gasteiger partial charge >= 0.3 is 11.9 Å². The van der Waals surface area contributed by atoms with E-state index in [0.717, 1.165) is 28.3 Å². The van der Waals surface area contributed by atoms with Gasteiger partial charge in [0.2, 0.25) is 0 Å². The molecule has 0 spiro atoms. The van der Waals surface area contributed by atoms with Crippen molar-refractivity contribution < 1.29 is 28.9 Å². The van der Waals surface area contributed by atoms with E-state index in [0.29, 0.717) is 12.5 Å². The van der Waals surface area contributed by atoms with E-state index >= 15 is 0 Å². The summed E-state index contributed by atoms with van der Waals surface area (Å²) < 4.78 is 14.7. The SMILES string of the molecule is COC(=O)Cc1ccc(O)cc1.COC(=O)Cc1ccc(OCc2ccccn2)cc1.ClCc1ccccn1. The van der Waals surface area contributed by atoms with Crippen LogP contribution in [0.15, 0.2) is 97.3 Å². The molecule has 0 saturated heterocycles. The first-order valence-electron chi connectivity index (χ1n) is 11.9. The number of hydrogen-bond donors (Lipinski definition) is 1. The summed E-state index contributed by atoms with van der Waals surface area (Å²) in [6, 6.07) is 25.2. The number of ether oxygens (including phenoxy) is 3.